The molecule has 0 amide bonds. The van der Waals surface area contributed by atoms with Gasteiger partial charge < -0.3 is 5.11 Å². The molecule has 1 aromatic carbocycles. The van der Waals surface area contributed by atoms with Gasteiger partial charge in [-0.15, -0.1) is 5.10 Å². The second kappa shape index (κ2) is 6.60. The summed E-state index contributed by atoms with van der Waals surface area (Å²) in [6.07, 6.45) is 0.782. The van der Waals surface area contributed by atoms with Crippen molar-refractivity contribution in [1.29, 1.82) is 0 Å². The first kappa shape index (κ1) is 16.4. The van der Waals surface area contributed by atoms with Crippen molar-refractivity contribution < 1.29 is 9.90 Å². The molecule has 3 rings (SSSR count). The Morgan fingerprint density at radius 1 is 1.21 bits per heavy atom. The molecular formula is C17H18N4O2S. The lowest BCUT2D eigenvalue weighted by molar-refractivity contribution is -0.133. The van der Waals surface area contributed by atoms with Crippen molar-refractivity contribution in [1.82, 2.24) is 19.6 Å². The molecule has 1 N–H and O–H groups in total. The SMILES string of the molecule is Cc1ccccc1Cc1c(C)nc2nc(SCC(=O)O)nn2c1C. The lowest BCUT2D eigenvalue weighted by atomic mass is 9.99. The summed E-state index contributed by atoms with van der Waals surface area (Å²) in [5, 5.41) is 13.6. The van der Waals surface area contributed by atoms with Gasteiger partial charge in [0.15, 0.2) is 0 Å². The van der Waals surface area contributed by atoms with E-state index in [0.717, 1.165) is 35.1 Å². The summed E-state index contributed by atoms with van der Waals surface area (Å²) >= 11 is 1.10. The van der Waals surface area contributed by atoms with Gasteiger partial charge in [-0.3, -0.25) is 4.79 Å². The number of carboxylic acid groups (broad SMARTS) is 1. The quantitative estimate of drug-likeness (QED) is 0.718. The van der Waals surface area contributed by atoms with Gasteiger partial charge in [0.05, 0.1) is 5.75 Å². The highest BCUT2D eigenvalue weighted by atomic mass is 32.2. The molecular weight excluding hydrogens is 324 g/mol. The van der Waals surface area contributed by atoms with E-state index in [0.29, 0.717) is 10.9 Å². The molecule has 0 spiro atoms. The number of aromatic nitrogens is 4. The van der Waals surface area contributed by atoms with Crippen LogP contribution in [0, 0.1) is 20.8 Å². The number of benzene rings is 1. The summed E-state index contributed by atoms with van der Waals surface area (Å²) in [6, 6.07) is 8.29. The summed E-state index contributed by atoms with van der Waals surface area (Å²) < 4.78 is 1.70. The van der Waals surface area contributed by atoms with Gasteiger partial charge in [-0.2, -0.15) is 4.98 Å². The van der Waals surface area contributed by atoms with Crippen LogP contribution in [0.2, 0.25) is 0 Å². The maximum atomic E-state index is 10.7. The second-order valence-corrected chi connectivity index (χ2v) is 6.60. The number of thioether (sulfide) groups is 1. The van der Waals surface area contributed by atoms with Crippen molar-refractivity contribution in [3.8, 4) is 0 Å². The Bertz CT molecular complexity index is 920. The largest absolute Gasteiger partial charge is 0.481 e. The van der Waals surface area contributed by atoms with E-state index in [1.54, 1.807) is 4.52 Å². The van der Waals surface area contributed by atoms with Gasteiger partial charge in [0.2, 0.25) is 5.16 Å². The predicted octanol–water partition coefficient (Wildman–Crippen LogP) is 2.82. The first-order chi connectivity index (χ1) is 11.5. The number of carbonyl (C=O) groups is 1. The first-order valence-electron chi connectivity index (χ1n) is 7.57. The first-order valence-corrected chi connectivity index (χ1v) is 8.56. The topological polar surface area (TPSA) is 80.4 Å². The highest BCUT2D eigenvalue weighted by Gasteiger charge is 2.15. The van der Waals surface area contributed by atoms with E-state index in [1.165, 1.54) is 11.1 Å². The molecule has 0 aliphatic heterocycles. The fourth-order valence-electron chi connectivity index (χ4n) is 2.63. The van der Waals surface area contributed by atoms with E-state index in [-0.39, 0.29) is 5.75 Å². The molecule has 0 aliphatic rings. The third-order valence-corrected chi connectivity index (χ3v) is 4.81. The number of aliphatic carboxylic acids is 1. The zero-order chi connectivity index (χ0) is 17.3. The molecule has 2 aromatic heterocycles. The molecule has 0 bridgehead atoms. The van der Waals surface area contributed by atoms with Crippen LogP contribution in [0.15, 0.2) is 29.4 Å². The maximum absolute atomic E-state index is 10.7. The van der Waals surface area contributed by atoms with Crippen LogP contribution in [0.5, 0.6) is 0 Å². The van der Waals surface area contributed by atoms with Gasteiger partial charge in [-0.1, -0.05) is 36.0 Å². The molecule has 0 atom stereocenters. The molecule has 0 saturated heterocycles. The van der Waals surface area contributed by atoms with Crippen LogP contribution in [-0.4, -0.2) is 36.4 Å². The lowest BCUT2D eigenvalue weighted by Crippen LogP contribution is -2.07. The van der Waals surface area contributed by atoms with E-state index in [1.807, 2.05) is 26.0 Å². The Hall–Kier alpha value is -2.41. The van der Waals surface area contributed by atoms with Crippen LogP contribution in [0.4, 0.5) is 0 Å². The van der Waals surface area contributed by atoms with Crippen molar-refractivity contribution in [2.45, 2.75) is 32.3 Å². The minimum absolute atomic E-state index is 0.0645. The van der Waals surface area contributed by atoms with Crippen LogP contribution in [0.1, 0.15) is 28.1 Å². The smallest absolute Gasteiger partial charge is 0.313 e. The minimum atomic E-state index is -0.889. The Labute approximate surface area is 144 Å². The summed E-state index contributed by atoms with van der Waals surface area (Å²) in [5.74, 6) is -0.447. The molecule has 0 saturated carbocycles. The van der Waals surface area contributed by atoms with E-state index in [4.69, 9.17) is 5.11 Å². The van der Waals surface area contributed by atoms with E-state index >= 15 is 0 Å². The summed E-state index contributed by atoms with van der Waals surface area (Å²) in [4.78, 5) is 19.6. The lowest BCUT2D eigenvalue weighted by Gasteiger charge is -2.11. The molecule has 24 heavy (non-hydrogen) atoms. The molecule has 3 aromatic rings. The van der Waals surface area contributed by atoms with Crippen LogP contribution in [0.3, 0.4) is 0 Å². The van der Waals surface area contributed by atoms with Gasteiger partial charge in [0.25, 0.3) is 5.78 Å². The van der Waals surface area contributed by atoms with Gasteiger partial charge in [0, 0.05) is 17.8 Å². The maximum Gasteiger partial charge on any atom is 0.313 e. The number of rotatable bonds is 5. The number of aryl methyl sites for hydroxylation is 3. The van der Waals surface area contributed by atoms with Gasteiger partial charge in [-0.25, -0.2) is 9.50 Å². The highest BCUT2D eigenvalue weighted by molar-refractivity contribution is 7.99. The summed E-state index contributed by atoms with van der Waals surface area (Å²) in [7, 11) is 0. The Balaban J connectivity index is 2.00. The molecule has 124 valence electrons. The Morgan fingerprint density at radius 2 is 1.96 bits per heavy atom. The van der Waals surface area contributed by atoms with Gasteiger partial charge >= 0.3 is 5.97 Å². The van der Waals surface area contributed by atoms with Crippen LogP contribution in [0.25, 0.3) is 5.78 Å². The van der Waals surface area contributed by atoms with Crippen molar-refractivity contribution in [2.75, 3.05) is 5.75 Å². The molecule has 0 fully saturated rings. The van der Waals surface area contributed by atoms with Crippen LogP contribution >= 0.6 is 11.8 Å². The van der Waals surface area contributed by atoms with Crippen molar-refractivity contribution >= 4 is 23.5 Å². The van der Waals surface area contributed by atoms with Gasteiger partial charge in [0.1, 0.15) is 0 Å². The molecule has 7 heteroatoms. The second-order valence-electron chi connectivity index (χ2n) is 5.65. The monoisotopic (exact) mass is 342 g/mol. The van der Waals surface area contributed by atoms with Crippen LogP contribution < -0.4 is 0 Å². The Morgan fingerprint density at radius 3 is 2.67 bits per heavy atom. The molecule has 0 unspecified atom stereocenters. The van der Waals surface area contributed by atoms with Crippen LogP contribution in [-0.2, 0) is 11.2 Å². The molecule has 0 aliphatic carbocycles. The number of fused-ring (bicyclic) bond motifs is 1. The average Bonchev–Trinajstić information content (AvgIpc) is 2.94. The normalized spacial score (nSPS) is 11.1. The molecule has 2 heterocycles. The highest BCUT2D eigenvalue weighted by Crippen LogP contribution is 2.21. The number of hydrogen-bond acceptors (Lipinski definition) is 5. The Kier molecular flexibility index (Phi) is 4.53. The zero-order valence-corrected chi connectivity index (χ0v) is 14.6. The van der Waals surface area contributed by atoms with E-state index in [9.17, 15) is 4.79 Å². The van der Waals surface area contributed by atoms with E-state index in [2.05, 4.69) is 34.1 Å². The number of hydrogen-bond donors (Lipinski definition) is 1. The minimum Gasteiger partial charge on any atom is -0.481 e. The summed E-state index contributed by atoms with van der Waals surface area (Å²) in [5.41, 5.74) is 5.52. The number of carboxylic acids is 1. The standard InChI is InChI=1S/C17H18N4O2S/c1-10-6-4-5-7-13(10)8-14-11(2)18-16-19-17(24-9-15(22)23)20-21(16)12(14)3/h4-7H,8-9H2,1-3H3,(H,22,23). The third-order valence-electron chi connectivity index (χ3n) is 3.98. The molecule has 6 nitrogen and oxygen atoms in total. The fourth-order valence-corrected chi connectivity index (χ4v) is 3.17. The van der Waals surface area contributed by atoms with Gasteiger partial charge in [-0.05, 0) is 37.5 Å². The third kappa shape index (κ3) is 3.26. The number of nitrogens with zero attached hydrogens (tertiary/aromatic N) is 4. The zero-order valence-electron chi connectivity index (χ0n) is 13.8. The average molecular weight is 342 g/mol. The van der Waals surface area contributed by atoms with E-state index < -0.39 is 5.97 Å². The predicted molar refractivity (Wildman–Crippen MR) is 92.6 cm³/mol. The molecule has 0 radical (unpaired) electrons. The fraction of sp³-hybridized carbons (Fsp3) is 0.294. The van der Waals surface area contributed by atoms with Crippen molar-refractivity contribution in [3.63, 3.8) is 0 Å². The summed E-state index contributed by atoms with van der Waals surface area (Å²) in [6.45, 7) is 6.07. The van der Waals surface area contributed by atoms with Crippen molar-refractivity contribution in [3.05, 3.63) is 52.3 Å². The van der Waals surface area contributed by atoms with Crippen molar-refractivity contribution in [2.24, 2.45) is 0 Å².